The molecule has 0 N–H and O–H groups in total. The van der Waals surface area contributed by atoms with Crippen LogP contribution in [-0.2, 0) is 21.6 Å². The molecule has 0 saturated heterocycles. The van der Waals surface area contributed by atoms with Crippen molar-refractivity contribution >= 4 is 44.1 Å². The van der Waals surface area contributed by atoms with E-state index in [1.54, 1.807) is 0 Å². The summed E-state index contributed by atoms with van der Waals surface area (Å²) < 4.78 is 38.7. The lowest BCUT2D eigenvalue weighted by atomic mass is 10.2. The molecule has 3 aromatic rings. The second-order valence-electron chi connectivity index (χ2n) is 4.96. The van der Waals surface area contributed by atoms with Crippen LogP contribution < -0.4 is 9.30 Å². The highest BCUT2D eigenvalue weighted by Crippen LogP contribution is 2.21. The zero-order valence-corrected chi connectivity index (χ0v) is 15.5. The van der Waals surface area contributed by atoms with E-state index >= 15 is 0 Å². The summed E-state index contributed by atoms with van der Waals surface area (Å²) in [6.07, 6.45) is 0. The topological polar surface area (TPSA) is 92.4 Å². The fourth-order valence-electron chi connectivity index (χ4n) is 2.25. The van der Waals surface area contributed by atoms with Crippen LogP contribution in [0.3, 0.4) is 0 Å². The predicted octanol–water partition coefficient (Wildman–Crippen LogP) is 2.36. The lowest BCUT2D eigenvalue weighted by Gasteiger charge is -2.05. The van der Waals surface area contributed by atoms with Gasteiger partial charge in [-0.15, -0.1) is 0 Å². The average Bonchev–Trinajstić information content (AvgIpc) is 2.55. The van der Waals surface area contributed by atoms with Crippen LogP contribution in [0.4, 0.5) is 0 Å². The number of nitrogens with zero attached hydrogens (tertiary/aromatic N) is 2. The Labute approximate surface area is 150 Å². The molecule has 0 unspecified atom stereocenters. The maximum atomic E-state index is 9.22. The standard InChI is InChI=1S/C15H14ClN2O.CH4O4S/c1-3-19-11-5-6-12-15(9-11)18(2)14-7-4-10(16)8-13(14)17-12;1-5-6(2,3)4/h4-9H,3H2,1-2H3;1H3,(H,2,3,4)/q+1;/p-1. The van der Waals surface area contributed by atoms with Crippen molar-refractivity contribution in [1.29, 1.82) is 0 Å². The number of fused-ring (bicyclic) bond motifs is 2. The summed E-state index contributed by atoms with van der Waals surface area (Å²) in [5.74, 6) is 0.862. The Morgan fingerprint density at radius 1 is 1.16 bits per heavy atom. The summed E-state index contributed by atoms with van der Waals surface area (Å²) in [5.41, 5.74) is 3.92. The molecule has 7 nitrogen and oxygen atoms in total. The van der Waals surface area contributed by atoms with E-state index in [-0.39, 0.29) is 0 Å². The quantitative estimate of drug-likeness (QED) is 0.298. The maximum Gasteiger partial charge on any atom is 0.235 e. The number of rotatable bonds is 3. The van der Waals surface area contributed by atoms with Crippen LogP contribution in [0.25, 0.3) is 22.1 Å². The molecule has 0 atom stereocenters. The highest BCUT2D eigenvalue weighted by molar-refractivity contribution is 7.80. The summed E-state index contributed by atoms with van der Waals surface area (Å²) in [6.45, 7) is 2.64. The molecule has 0 aliphatic heterocycles. The van der Waals surface area contributed by atoms with Crippen molar-refractivity contribution in [3.8, 4) is 5.75 Å². The lowest BCUT2D eigenvalue weighted by molar-refractivity contribution is -0.618. The zero-order chi connectivity index (χ0) is 18.6. The molecule has 0 amide bonds. The van der Waals surface area contributed by atoms with Gasteiger partial charge in [0, 0.05) is 11.1 Å². The number of aryl methyl sites for hydroxylation is 1. The Morgan fingerprint density at radius 2 is 1.84 bits per heavy atom. The molecular weight excluding hydrogens is 368 g/mol. The third-order valence-electron chi connectivity index (χ3n) is 3.36. The first-order chi connectivity index (χ1) is 11.7. The van der Waals surface area contributed by atoms with Gasteiger partial charge in [0.2, 0.25) is 21.4 Å². The third-order valence-corrected chi connectivity index (χ3v) is 4.01. The van der Waals surface area contributed by atoms with Gasteiger partial charge in [-0.05, 0) is 31.2 Å². The van der Waals surface area contributed by atoms with Gasteiger partial charge in [0.1, 0.15) is 23.8 Å². The van der Waals surface area contributed by atoms with Crippen LogP contribution in [0.5, 0.6) is 5.75 Å². The van der Waals surface area contributed by atoms with Crippen LogP contribution in [0.1, 0.15) is 6.92 Å². The molecule has 0 spiro atoms. The number of benzene rings is 2. The van der Waals surface area contributed by atoms with Gasteiger partial charge in [-0.3, -0.25) is 4.18 Å². The molecule has 0 fully saturated rings. The molecule has 0 aliphatic carbocycles. The summed E-state index contributed by atoms with van der Waals surface area (Å²) in [4.78, 5) is 4.64. The molecule has 1 heterocycles. The van der Waals surface area contributed by atoms with Gasteiger partial charge in [0.25, 0.3) is 0 Å². The van der Waals surface area contributed by atoms with E-state index in [0.717, 1.165) is 34.9 Å². The van der Waals surface area contributed by atoms with Crippen molar-refractivity contribution in [2.75, 3.05) is 13.7 Å². The van der Waals surface area contributed by atoms with Crippen LogP contribution in [-0.4, -0.2) is 31.7 Å². The molecule has 0 saturated carbocycles. The minimum absolute atomic E-state index is 0.659. The number of halogens is 1. The SMILES string of the molecule is CCOc1ccc2nc3cc(Cl)ccc3[n+](C)c2c1.COS(=O)(=O)[O-]. The molecule has 0 radical (unpaired) electrons. The minimum Gasteiger partial charge on any atom is -0.726 e. The van der Waals surface area contributed by atoms with Crippen LogP contribution in [0, 0.1) is 0 Å². The molecule has 1 aromatic heterocycles. The number of ether oxygens (including phenoxy) is 1. The first kappa shape index (κ1) is 19.3. The molecule has 0 bridgehead atoms. The normalized spacial score (nSPS) is 11.2. The Bertz CT molecular complexity index is 1010. The fraction of sp³-hybridized carbons (Fsp3) is 0.250. The van der Waals surface area contributed by atoms with Crippen LogP contribution in [0.2, 0.25) is 5.02 Å². The van der Waals surface area contributed by atoms with Crippen molar-refractivity contribution in [2.45, 2.75) is 6.92 Å². The van der Waals surface area contributed by atoms with Crippen LogP contribution in [0.15, 0.2) is 36.4 Å². The Balaban J connectivity index is 0.000000326. The van der Waals surface area contributed by atoms with Crippen molar-refractivity contribution in [2.24, 2.45) is 7.05 Å². The summed E-state index contributed by atoms with van der Waals surface area (Å²) in [7, 11) is -1.58. The Hall–Kier alpha value is -2.00. The van der Waals surface area contributed by atoms with E-state index in [1.165, 1.54) is 0 Å². The van der Waals surface area contributed by atoms with Crippen molar-refractivity contribution in [3.05, 3.63) is 41.4 Å². The van der Waals surface area contributed by atoms with Crippen molar-refractivity contribution in [1.82, 2.24) is 4.98 Å². The maximum absolute atomic E-state index is 9.22. The Morgan fingerprint density at radius 3 is 2.44 bits per heavy atom. The lowest BCUT2D eigenvalue weighted by Crippen LogP contribution is -2.30. The summed E-state index contributed by atoms with van der Waals surface area (Å²) >= 11 is 6.02. The first-order valence-corrected chi connectivity index (χ1v) is 8.99. The third kappa shape index (κ3) is 4.99. The second kappa shape index (κ2) is 7.92. The predicted molar refractivity (Wildman–Crippen MR) is 93.3 cm³/mol. The van der Waals surface area contributed by atoms with E-state index in [4.69, 9.17) is 16.3 Å². The smallest absolute Gasteiger partial charge is 0.235 e. The Kier molecular flexibility index (Phi) is 6.12. The molecular formula is C16H17ClN2O5S. The van der Waals surface area contributed by atoms with E-state index in [2.05, 4.69) is 13.7 Å². The van der Waals surface area contributed by atoms with Gasteiger partial charge in [-0.25, -0.2) is 13.4 Å². The number of hydrogen-bond donors (Lipinski definition) is 0. The van der Waals surface area contributed by atoms with Gasteiger partial charge in [-0.2, -0.15) is 4.57 Å². The largest absolute Gasteiger partial charge is 0.726 e. The fourth-order valence-corrected chi connectivity index (χ4v) is 2.42. The molecule has 9 heteroatoms. The molecule has 134 valence electrons. The molecule has 0 aliphatic rings. The van der Waals surface area contributed by atoms with Gasteiger partial charge in [0.05, 0.1) is 19.8 Å². The monoisotopic (exact) mass is 384 g/mol. The minimum atomic E-state index is -4.41. The first-order valence-electron chi connectivity index (χ1n) is 7.28. The summed E-state index contributed by atoms with van der Waals surface area (Å²) in [5, 5.41) is 0.699. The van der Waals surface area contributed by atoms with Gasteiger partial charge < -0.3 is 9.29 Å². The highest BCUT2D eigenvalue weighted by Gasteiger charge is 2.14. The van der Waals surface area contributed by atoms with Crippen molar-refractivity contribution in [3.63, 3.8) is 0 Å². The van der Waals surface area contributed by atoms with E-state index in [9.17, 15) is 13.0 Å². The van der Waals surface area contributed by atoms with Crippen molar-refractivity contribution < 1.29 is 26.5 Å². The molecule has 3 rings (SSSR count). The molecule has 25 heavy (non-hydrogen) atoms. The molecule has 2 aromatic carbocycles. The van der Waals surface area contributed by atoms with E-state index in [1.807, 2.05) is 50.4 Å². The van der Waals surface area contributed by atoms with Gasteiger partial charge in [-0.1, -0.05) is 11.6 Å². The zero-order valence-electron chi connectivity index (χ0n) is 13.9. The van der Waals surface area contributed by atoms with Crippen LogP contribution >= 0.6 is 11.6 Å². The number of aromatic nitrogens is 2. The van der Waals surface area contributed by atoms with Gasteiger partial charge >= 0.3 is 0 Å². The average molecular weight is 385 g/mol. The van der Waals surface area contributed by atoms with E-state index in [0.29, 0.717) is 11.6 Å². The highest BCUT2D eigenvalue weighted by atomic mass is 35.5. The van der Waals surface area contributed by atoms with Gasteiger partial charge in [0.15, 0.2) is 0 Å². The second-order valence-corrected chi connectivity index (χ2v) is 6.55. The number of hydrogen-bond acceptors (Lipinski definition) is 6. The summed E-state index contributed by atoms with van der Waals surface area (Å²) in [6, 6.07) is 11.7. The van der Waals surface area contributed by atoms with E-state index < -0.39 is 10.4 Å².